The Labute approximate surface area is 259 Å². The van der Waals surface area contributed by atoms with Gasteiger partial charge in [0.1, 0.15) is 35.9 Å². The first-order valence-corrected chi connectivity index (χ1v) is 16.4. The lowest BCUT2D eigenvalue weighted by molar-refractivity contribution is -0.192. The number of alkyl halides is 2. The molecule has 2 unspecified atom stereocenters. The normalized spacial score (nSPS) is 27.6. The summed E-state index contributed by atoms with van der Waals surface area (Å²) in [7, 11) is -4.58. The Morgan fingerprint density at radius 1 is 1.24 bits per heavy atom. The molecule has 1 aromatic carbocycles. The second-order valence-corrected chi connectivity index (χ2v) is 13.1. The molecule has 0 bridgehead atoms. The highest BCUT2D eigenvalue weighted by Crippen LogP contribution is 2.52. The first-order chi connectivity index (χ1) is 21.3. The Morgan fingerprint density at radius 2 is 1.96 bits per heavy atom. The van der Waals surface area contributed by atoms with Crippen molar-refractivity contribution in [3.63, 3.8) is 0 Å². The Hall–Kier alpha value is -3.23. The number of benzene rings is 1. The highest BCUT2D eigenvalue weighted by molar-refractivity contribution is 7.52. The van der Waals surface area contributed by atoms with E-state index in [-0.39, 0.29) is 41.3 Å². The Kier molecular flexibility index (Phi) is 9.76. The molecular weight excluding hydrogens is 615 g/mol. The number of rotatable bonds is 12. The summed E-state index contributed by atoms with van der Waals surface area (Å²) in [5, 5.41) is 13.7. The van der Waals surface area contributed by atoms with E-state index in [0.717, 1.165) is 39.0 Å². The van der Waals surface area contributed by atoms with Crippen molar-refractivity contribution >= 4 is 24.9 Å². The summed E-state index contributed by atoms with van der Waals surface area (Å²) in [5.74, 6) is -3.49. The maximum absolute atomic E-state index is 16.3. The third-order valence-corrected chi connectivity index (χ3v) is 9.30. The zero-order valence-corrected chi connectivity index (χ0v) is 26.4. The largest absolute Gasteiger partial charge is 0.476 e. The molecule has 5 rings (SSSR count). The number of imidazole rings is 1. The van der Waals surface area contributed by atoms with Gasteiger partial charge in [0.25, 0.3) is 5.85 Å². The summed E-state index contributed by atoms with van der Waals surface area (Å²) in [6.07, 6.45) is 0.924. The highest BCUT2D eigenvalue weighted by Gasteiger charge is 2.65. The van der Waals surface area contributed by atoms with E-state index in [0.29, 0.717) is 0 Å². The van der Waals surface area contributed by atoms with Crippen LogP contribution in [0.1, 0.15) is 64.9 Å². The first kappa shape index (κ1) is 33.1. The fourth-order valence-corrected chi connectivity index (χ4v) is 6.90. The SMILES string of the molecule is CCOc1nc(C)nc2c1ncn2[C@@H]1O[C@](F)(COP(=O)(NC(C)C(=O)OC2CCCCC2)Oc2ccccc2)[C@@H](F)[C@@]1(C)O. The first-order valence-electron chi connectivity index (χ1n) is 14.9. The van der Waals surface area contributed by atoms with Crippen LogP contribution in [0.5, 0.6) is 11.6 Å². The number of aliphatic hydroxyl groups is 1. The number of aromatic nitrogens is 4. The fraction of sp³-hybridized carbons (Fsp3) is 0.586. The van der Waals surface area contributed by atoms with Crippen molar-refractivity contribution in [2.45, 2.75) is 95.8 Å². The smallest absolute Gasteiger partial charge is 0.459 e. The number of hydrogen-bond acceptors (Lipinski definition) is 11. The molecule has 2 N–H and O–H groups in total. The van der Waals surface area contributed by atoms with Crippen molar-refractivity contribution in [3.05, 3.63) is 42.5 Å². The van der Waals surface area contributed by atoms with Gasteiger partial charge in [-0.25, -0.2) is 23.3 Å². The van der Waals surface area contributed by atoms with Crippen LogP contribution in [0.25, 0.3) is 11.2 Å². The van der Waals surface area contributed by atoms with Crippen molar-refractivity contribution in [1.29, 1.82) is 0 Å². The van der Waals surface area contributed by atoms with Crippen molar-refractivity contribution in [2.24, 2.45) is 0 Å². The topological polar surface area (TPSA) is 156 Å². The number of hydrogen-bond donors (Lipinski definition) is 2. The molecule has 45 heavy (non-hydrogen) atoms. The van der Waals surface area contributed by atoms with Crippen LogP contribution in [0.15, 0.2) is 36.7 Å². The van der Waals surface area contributed by atoms with E-state index in [4.69, 9.17) is 23.3 Å². The summed E-state index contributed by atoms with van der Waals surface area (Å²) < 4.78 is 74.8. The van der Waals surface area contributed by atoms with Crippen molar-refractivity contribution < 1.29 is 46.5 Å². The van der Waals surface area contributed by atoms with Gasteiger partial charge in [0, 0.05) is 0 Å². The number of carbonyl (C=O) groups is 1. The number of nitrogens with zero attached hydrogens (tertiary/aromatic N) is 4. The average Bonchev–Trinajstić information content (AvgIpc) is 3.50. The highest BCUT2D eigenvalue weighted by atomic mass is 31.2. The predicted octanol–water partition coefficient (Wildman–Crippen LogP) is 4.87. The van der Waals surface area contributed by atoms with Crippen molar-refractivity contribution in [2.75, 3.05) is 13.2 Å². The molecule has 6 atom stereocenters. The van der Waals surface area contributed by atoms with Crippen LogP contribution in [0.4, 0.5) is 8.78 Å². The Morgan fingerprint density at radius 3 is 2.64 bits per heavy atom. The molecule has 2 aliphatic rings. The van der Waals surface area contributed by atoms with Crippen molar-refractivity contribution in [1.82, 2.24) is 24.6 Å². The van der Waals surface area contributed by atoms with Gasteiger partial charge >= 0.3 is 13.7 Å². The number of halogens is 2. The number of ether oxygens (including phenoxy) is 3. The number of esters is 1. The third kappa shape index (κ3) is 7.12. The molecule has 0 amide bonds. The number of nitrogens with one attached hydrogen (secondary N) is 1. The lowest BCUT2D eigenvalue weighted by atomic mass is 9.97. The molecule has 16 heteroatoms. The van der Waals surface area contributed by atoms with Crippen LogP contribution in [0.3, 0.4) is 0 Å². The number of carbonyl (C=O) groups excluding carboxylic acids is 1. The van der Waals surface area contributed by atoms with Gasteiger partial charge in [-0.3, -0.25) is 13.9 Å². The van der Waals surface area contributed by atoms with Gasteiger partial charge in [0.05, 0.1) is 12.9 Å². The van der Waals surface area contributed by atoms with E-state index in [1.54, 1.807) is 32.0 Å². The minimum Gasteiger partial charge on any atom is -0.476 e. The van der Waals surface area contributed by atoms with Crippen molar-refractivity contribution in [3.8, 4) is 11.6 Å². The van der Waals surface area contributed by atoms with Gasteiger partial charge < -0.3 is 23.8 Å². The summed E-state index contributed by atoms with van der Waals surface area (Å²) in [5.41, 5.74) is -2.16. The molecule has 2 aromatic heterocycles. The van der Waals surface area contributed by atoms with E-state index in [9.17, 15) is 14.5 Å². The van der Waals surface area contributed by atoms with Gasteiger partial charge in [0.2, 0.25) is 5.88 Å². The van der Waals surface area contributed by atoms with Gasteiger partial charge in [-0.15, -0.1) is 0 Å². The standard InChI is InChI=1S/C29H38F2N5O8P/c1-5-40-24-22-23(33-19(3)34-24)36(17-32-22)27-28(4,38)26(30)29(31,43-27)16-41-45(39,44-21-14-10-7-11-15-21)35-18(2)25(37)42-20-12-8-6-9-13-20/h7,10-11,14-15,17-18,20,26-27,38H,5-6,8-9,12-13,16H2,1-4H3,(H,35,39)/t18?,26-,27+,28+,29+,45?/m0/s1. The summed E-state index contributed by atoms with van der Waals surface area (Å²) in [6, 6.07) is 6.66. The molecule has 1 saturated heterocycles. The fourth-order valence-electron chi connectivity index (χ4n) is 5.40. The van der Waals surface area contributed by atoms with E-state index in [1.165, 1.54) is 30.0 Å². The summed E-state index contributed by atoms with van der Waals surface area (Å²) >= 11 is 0. The third-order valence-electron chi connectivity index (χ3n) is 7.67. The lowest BCUT2D eigenvalue weighted by Gasteiger charge is -2.28. The molecule has 0 spiro atoms. The van der Waals surface area contributed by atoms with E-state index >= 15 is 8.78 Å². The Balaban J connectivity index is 1.37. The number of aryl methyl sites for hydroxylation is 1. The van der Waals surface area contributed by atoms with Crippen LogP contribution in [0, 0.1) is 6.92 Å². The molecule has 3 heterocycles. The lowest BCUT2D eigenvalue weighted by Crippen LogP contribution is -2.46. The van der Waals surface area contributed by atoms with Crippen LogP contribution in [0.2, 0.25) is 0 Å². The van der Waals surface area contributed by atoms with E-state index in [1.807, 2.05) is 0 Å². The van der Waals surface area contributed by atoms with Crippen LogP contribution < -0.4 is 14.3 Å². The van der Waals surface area contributed by atoms with Gasteiger partial charge in [-0.2, -0.15) is 10.1 Å². The van der Waals surface area contributed by atoms with Crippen LogP contribution >= 0.6 is 7.75 Å². The molecule has 1 aliphatic heterocycles. The van der Waals surface area contributed by atoms with Gasteiger partial charge in [-0.1, -0.05) is 24.6 Å². The van der Waals surface area contributed by atoms with Crippen LogP contribution in [-0.2, 0) is 23.4 Å². The molecule has 1 aliphatic carbocycles. The Bertz CT molecular complexity index is 1540. The molecule has 2 fully saturated rings. The van der Waals surface area contributed by atoms with Gasteiger partial charge in [0.15, 0.2) is 23.6 Å². The maximum atomic E-state index is 16.3. The molecule has 246 valence electrons. The quantitative estimate of drug-likeness (QED) is 0.202. The van der Waals surface area contributed by atoms with E-state index in [2.05, 4.69) is 20.0 Å². The maximum Gasteiger partial charge on any atom is 0.459 e. The number of para-hydroxylation sites is 1. The predicted molar refractivity (Wildman–Crippen MR) is 157 cm³/mol. The second-order valence-electron chi connectivity index (χ2n) is 11.4. The number of fused-ring (bicyclic) bond motifs is 1. The monoisotopic (exact) mass is 653 g/mol. The van der Waals surface area contributed by atoms with Gasteiger partial charge in [-0.05, 0) is 65.5 Å². The van der Waals surface area contributed by atoms with E-state index < -0.39 is 50.2 Å². The molecule has 1 saturated carbocycles. The molecule has 13 nitrogen and oxygen atoms in total. The zero-order chi connectivity index (χ0) is 32.4. The molecular formula is C29H38F2N5O8P. The minimum absolute atomic E-state index is 0.0770. The summed E-state index contributed by atoms with van der Waals surface area (Å²) in [6.45, 7) is 4.80. The molecule has 3 aromatic rings. The summed E-state index contributed by atoms with van der Waals surface area (Å²) in [4.78, 5) is 25.6. The average molecular weight is 654 g/mol. The minimum atomic E-state index is -4.58. The molecule has 0 radical (unpaired) electrons. The van der Waals surface area contributed by atoms with Crippen LogP contribution in [-0.4, -0.2) is 73.6 Å². The zero-order valence-electron chi connectivity index (χ0n) is 25.5. The second kappa shape index (κ2) is 13.2.